The second kappa shape index (κ2) is 21.0. The molecule has 0 amide bonds. The van der Waals surface area contributed by atoms with Crippen LogP contribution in [-0.2, 0) is 20.1 Å². The van der Waals surface area contributed by atoms with Gasteiger partial charge in [0.1, 0.15) is 11.4 Å². The average Bonchev–Trinajstić information content (AvgIpc) is 4.15. The Balaban J connectivity index is 0.000000177. The molecule has 9 aromatic carbocycles. The molecule has 0 aliphatic carbocycles. The fraction of sp³-hybridized carbons (Fsp3) is 0.116. The molecule has 0 unspecified atom stereocenters. The van der Waals surface area contributed by atoms with E-state index < -0.39 is 0 Å². The Hall–Kier alpha value is -8.48. The largest absolute Gasteiger partial charge is 0.501 e. The zero-order valence-corrected chi connectivity index (χ0v) is 45.7. The number of hydrogen-bond acceptors (Lipinski definition) is 4. The summed E-state index contributed by atoms with van der Waals surface area (Å²) in [5.41, 5.74) is 21.7. The van der Waals surface area contributed by atoms with E-state index in [-0.39, 0.29) is 31.9 Å². The molecule has 76 heavy (non-hydrogen) atoms. The van der Waals surface area contributed by atoms with E-state index in [2.05, 4.69) is 232 Å². The van der Waals surface area contributed by atoms with Gasteiger partial charge >= 0.3 is 0 Å². The van der Waals surface area contributed by atoms with E-state index in [1.165, 1.54) is 50.3 Å². The van der Waals surface area contributed by atoms with E-state index in [1.54, 1.807) is 0 Å². The number of aryl methyl sites for hydroxylation is 2. The zero-order chi connectivity index (χ0) is 51.2. The first kappa shape index (κ1) is 49.7. The summed E-state index contributed by atoms with van der Waals surface area (Å²) in [5.74, 6) is 2.33. The molecule has 6 nitrogen and oxygen atoms in total. The summed E-state index contributed by atoms with van der Waals surface area (Å²) in [6.45, 7) is 13.4. The zero-order valence-electron chi connectivity index (χ0n) is 43.3. The van der Waals surface area contributed by atoms with Crippen LogP contribution in [0.1, 0.15) is 61.8 Å². The molecule has 0 aliphatic rings. The average molecular weight is 1160 g/mol. The minimum absolute atomic E-state index is 0. The third-order valence-electron chi connectivity index (χ3n) is 14.3. The Morgan fingerprint density at radius 2 is 1.04 bits per heavy atom. The number of hydrogen-bond donors (Lipinski definition) is 0. The van der Waals surface area contributed by atoms with Crippen LogP contribution in [0.4, 0.5) is 0 Å². The number of rotatable bonds is 9. The summed E-state index contributed by atoms with van der Waals surface area (Å²) in [6, 6.07) is 78.6. The minimum Gasteiger partial charge on any atom is -0.501 e. The number of fused-ring (bicyclic) bond motifs is 5. The van der Waals surface area contributed by atoms with Crippen molar-refractivity contribution in [2.75, 3.05) is 0 Å². The van der Waals surface area contributed by atoms with Gasteiger partial charge in [0.25, 0.3) is 0 Å². The Labute approximate surface area is 457 Å². The maximum absolute atomic E-state index is 6.73. The van der Waals surface area contributed by atoms with E-state index >= 15 is 0 Å². The first-order chi connectivity index (χ1) is 36.7. The molecule has 0 spiro atoms. The molecular formula is C69H55IrN5O-2. The van der Waals surface area contributed by atoms with Crippen molar-refractivity contribution in [3.05, 3.63) is 247 Å². The van der Waals surface area contributed by atoms with Crippen molar-refractivity contribution in [1.29, 1.82) is 0 Å². The van der Waals surface area contributed by atoms with Crippen LogP contribution < -0.4 is 0 Å². The molecule has 13 aromatic rings. The fourth-order valence-electron chi connectivity index (χ4n) is 10.6. The van der Waals surface area contributed by atoms with Crippen LogP contribution in [0, 0.1) is 26.0 Å². The normalized spacial score (nSPS) is 11.4. The van der Waals surface area contributed by atoms with Crippen LogP contribution >= 0.6 is 0 Å². The van der Waals surface area contributed by atoms with E-state index in [0.717, 1.165) is 83.6 Å². The van der Waals surface area contributed by atoms with Gasteiger partial charge in [-0.25, -0.2) is 4.98 Å². The molecule has 4 aromatic heterocycles. The quantitative estimate of drug-likeness (QED) is 0.135. The standard InChI is InChI=1S/C43H35N2O.C26H20N3.Ir/c1-27(2)36-24-32(30-16-9-6-10-17-30)25-37(28(3)4)41(36)45-39-21-12-11-20-38(39)44-43(45)35-19-13-18-34-33-23-22-31(26-40(33)46-42(34)35)29-14-7-5-8-15-29;1-18-9-7-10-19(2)25(18)29-24-15-4-3-14-23(24)28-26(29)21-12-8-11-20(17-21)22-13-5-6-16-27-22;/h5-18,20-28H,1-4H3;3-10,12-17H,1-2H3;/q2*-1;. The molecule has 0 aliphatic heterocycles. The van der Waals surface area contributed by atoms with Crippen molar-refractivity contribution in [1.82, 2.24) is 24.1 Å². The summed E-state index contributed by atoms with van der Waals surface area (Å²) in [4.78, 5) is 14.8. The fourth-order valence-corrected chi connectivity index (χ4v) is 10.6. The maximum Gasteiger partial charge on any atom is 0.127 e. The summed E-state index contributed by atoms with van der Waals surface area (Å²) >= 11 is 0. The summed E-state index contributed by atoms with van der Waals surface area (Å²) in [5, 5.41) is 2.15. The molecule has 0 saturated carbocycles. The minimum atomic E-state index is 0. The van der Waals surface area contributed by atoms with E-state index in [1.807, 2.05) is 48.7 Å². The number of nitrogens with zero attached hydrogens (tertiary/aromatic N) is 5. The monoisotopic (exact) mass is 1160 g/mol. The van der Waals surface area contributed by atoms with Gasteiger partial charge in [-0.2, -0.15) is 0 Å². The third-order valence-corrected chi connectivity index (χ3v) is 14.3. The van der Waals surface area contributed by atoms with E-state index in [4.69, 9.17) is 14.4 Å². The Kier molecular flexibility index (Phi) is 13.8. The predicted molar refractivity (Wildman–Crippen MR) is 310 cm³/mol. The van der Waals surface area contributed by atoms with Gasteiger partial charge in [0.05, 0.1) is 39.2 Å². The van der Waals surface area contributed by atoms with Crippen LogP contribution in [-0.4, -0.2) is 24.1 Å². The van der Waals surface area contributed by atoms with Crippen LogP contribution in [0.5, 0.6) is 0 Å². The second-order valence-corrected chi connectivity index (χ2v) is 19.9. The number of pyridine rings is 1. The SMILES string of the molecule is CC(C)c1cc(-c2ccccc2)cc(C(C)C)c1-n1c(-c2[c-]ccc3c2oc2cc(-c4ccccc4)ccc23)nc2ccccc21.Cc1cccc(C)c1-n1c(-c2cc[c-]c(-c3ccccn3)c2)nc2ccccc21.[Ir]. The van der Waals surface area contributed by atoms with Crippen molar-refractivity contribution in [3.8, 4) is 67.7 Å². The summed E-state index contributed by atoms with van der Waals surface area (Å²) < 4.78 is 11.4. The van der Waals surface area contributed by atoms with Gasteiger partial charge in [-0.15, -0.1) is 48.0 Å². The van der Waals surface area contributed by atoms with Crippen LogP contribution in [0.25, 0.3) is 112 Å². The van der Waals surface area contributed by atoms with Gasteiger partial charge < -0.3 is 14.0 Å². The molecule has 4 heterocycles. The summed E-state index contributed by atoms with van der Waals surface area (Å²) in [7, 11) is 0. The van der Waals surface area contributed by atoms with E-state index in [0.29, 0.717) is 0 Å². The van der Waals surface area contributed by atoms with Crippen molar-refractivity contribution in [3.63, 3.8) is 0 Å². The van der Waals surface area contributed by atoms with Gasteiger partial charge in [-0.3, -0.25) is 9.55 Å². The van der Waals surface area contributed by atoms with Gasteiger partial charge in [-0.05, 0) is 124 Å². The molecule has 7 heteroatoms. The summed E-state index contributed by atoms with van der Waals surface area (Å²) in [6.07, 6.45) is 1.81. The molecule has 0 fully saturated rings. The molecule has 0 N–H and O–H groups in total. The first-order valence-corrected chi connectivity index (χ1v) is 25.8. The van der Waals surface area contributed by atoms with E-state index in [9.17, 15) is 0 Å². The van der Waals surface area contributed by atoms with Gasteiger partial charge in [0.2, 0.25) is 0 Å². The van der Waals surface area contributed by atoms with Crippen molar-refractivity contribution in [2.45, 2.75) is 53.4 Å². The number of para-hydroxylation sites is 5. The molecular weight excluding hydrogens is 1110 g/mol. The van der Waals surface area contributed by atoms with Gasteiger partial charge in [-0.1, -0.05) is 172 Å². The van der Waals surface area contributed by atoms with Crippen LogP contribution in [0.2, 0.25) is 0 Å². The maximum atomic E-state index is 6.73. The van der Waals surface area contributed by atoms with Crippen molar-refractivity contribution < 1.29 is 24.5 Å². The Bertz CT molecular complexity index is 4160. The number of benzene rings is 9. The predicted octanol–water partition coefficient (Wildman–Crippen LogP) is 18.1. The topological polar surface area (TPSA) is 61.7 Å². The molecule has 0 atom stereocenters. The Morgan fingerprint density at radius 1 is 0.461 bits per heavy atom. The second-order valence-electron chi connectivity index (χ2n) is 19.9. The van der Waals surface area contributed by atoms with Gasteiger partial charge in [0, 0.05) is 37.4 Å². The number of aromatic nitrogens is 5. The molecule has 13 rings (SSSR count). The van der Waals surface area contributed by atoms with Gasteiger partial charge in [0.15, 0.2) is 0 Å². The molecule has 0 bridgehead atoms. The van der Waals surface area contributed by atoms with Crippen LogP contribution in [0.3, 0.4) is 0 Å². The first-order valence-electron chi connectivity index (χ1n) is 25.8. The van der Waals surface area contributed by atoms with Crippen LogP contribution in [0.15, 0.2) is 217 Å². The number of imidazole rings is 2. The van der Waals surface area contributed by atoms with Crippen molar-refractivity contribution in [2.24, 2.45) is 0 Å². The molecule has 0 saturated heterocycles. The number of furan rings is 1. The molecule has 1 radical (unpaired) electrons. The third kappa shape index (κ3) is 9.16. The van der Waals surface area contributed by atoms with Crippen molar-refractivity contribution >= 4 is 44.0 Å². The smallest absolute Gasteiger partial charge is 0.127 e. The molecule has 373 valence electrons. The Morgan fingerprint density at radius 3 is 1.67 bits per heavy atom.